The number of pyridine rings is 1. The van der Waals surface area contributed by atoms with Crippen LogP contribution in [0.1, 0.15) is 46.0 Å². The highest BCUT2D eigenvalue weighted by molar-refractivity contribution is 6.05. The largest absolute Gasteiger partial charge is 0.337 e. The highest BCUT2D eigenvalue weighted by Crippen LogP contribution is 2.22. The van der Waals surface area contributed by atoms with Crippen LogP contribution in [-0.4, -0.2) is 58.8 Å². The van der Waals surface area contributed by atoms with Crippen molar-refractivity contribution in [3.8, 4) is 0 Å². The molecule has 1 saturated heterocycles. The molecule has 0 radical (unpaired) electrons. The van der Waals surface area contributed by atoms with E-state index in [4.69, 9.17) is 0 Å². The summed E-state index contributed by atoms with van der Waals surface area (Å²) < 4.78 is 0. The zero-order valence-corrected chi connectivity index (χ0v) is 16.2. The van der Waals surface area contributed by atoms with E-state index in [0.29, 0.717) is 23.8 Å². The third-order valence-corrected chi connectivity index (χ3v) is 5.82. The third kappa shape index (κ3) is 3.92. The number of amides is 2. The zero-order chi connectivity index (χ0) is 19.5. The second kappa shape index (κ2) is 8.10. The zero-order valence-electron chi connectivity index (χ0n) is 16.2. The molecule has 0 spiro atoms. The second-order valence-electron chi connectivity index (χ2n) is 7.63. The van der Waals surface area contributed by atoms with Crippen molar-refractivity contribution in [2.45, 2.75) is 32.2 Å². The van der Waals surface area contributed by atoms with Gasteiger partial charge in [0.05, 0.1) is 0 Å². The minimum atomic E-state index is -0.174. The van der Waals surface area contributed by atoms with E-state index in [1.807, 2.05) is 11.0 Å². The molecule has 28 heavy (non-hydrogen) atoms. The van der Waals surface area contributed by atoms with Gasteiger partial charge in [-0.25, -0.2) is 0 Å². The van der Waals surface area contributed by atoms with Crippen LogP contribution in [0.25, 0.3) is 0 Å². The molecule has 6 heteroatoms. The first-order valence-electron chi connectivity index (χ1n) is 9.99. The summed E-state index contributed by atoms with van der Waals surface area (Å²) in [6.45, 7) is 5.82. The smallest absolute Gasteiger partial charge is 0.255 e. The summed E-state index contributed by atoms with van der Waals surface area (Å²) in [5, 5.41) is 2.86. The van der Waals surface area contributed by atoms with Crippen LogP contribution in [0.2, 0.25) is 0 Å². The van der Waals surface area contributed by atoms with E-state index in [9.17, 15) is 9.59 Å². The Morgan fingerprint density at radius 2 is 2.00 bits per heavy atom. The number of carbonyl (C=O) groups is 2. The van der Waals surface area contributed by atoms with Gasteiger partial charge in [0, 0.05) is 54.9 Å². The lowest BCUT2D eigenvalue weighted by Gasteiger charge is -2.31. The fourth-order valence-corrected chi connectivity index (χ4v) is 4.10. The minimum absolute atomic E-state index is 0.0780. The van der Waals surface area contributed by atoms with Crippen LogP contribution in [-0.2, 0) is 6.42 Å². The first kappa shape index (κ1) is 18.6. The molecule has 1 fully saturated rings. The summed E-state index contributed by atoms with van der Waals surface area (Å²) in [5.74, 6) is -0.0962. The van der Waals surface area contributed by atoms with Crippen molar-refractivity contribution < 1.29 is 9.59 Å². The molecule has 4 rings (SSSR count). The summed E-state index contributed by atoms with van der Waals surface area (Å²) in [4.78, 5) is 33.7. The van der Waals surface area contributed by atoms with Gasteiger partial charge in [-0.2, -0.15) is 0 Å². The number of likely N-dealkylation sites (tertiary alicyclic amines) is 1. The Kier molecular flexibility index (Phi) is 5.39. The quantitative estimate of drug-likeness (QED) is 0.869. The van der Waals surface area contributed by atoms with Gasteiger partial charge in [-0.3, -0.25) is 19.5 Å². The molecule has 2 amide bonds. The number of nitrogens with one attached hydrogen (secondary N) is 1. The maximum Gasteiger partial charge on any atom is 0.255 e. The lowest BCUT2D eigenvalue weighted by atomic mass is 9.96. The highest BCUT2D eigenvalue weighted by Gasteiger charge is 2.27. The van der Waals surface area contributed by atoms with E-state index in [2.05, 4.69) is 22.1 Å². The molecule has 1 atom stereocenters. The molecule has 1 N–H and O–H groups in total. The molecule has 0 bridgehead atoms. The Morgan fingerprint density at radius 1 is 1.18 bits per heavy atom. The van der Waals surface area contributed by atoms with Gasteiger partial charge in [-0.05, 0) is 68.6 Å². The molecule has 0 saturated carbocycles. The second-order valence-corrected chi connectivity index (χ2v) is 7.63. The molecule has 146 valence electrons. The van der Waals surface area contributed by atoms with Crippen LogP contribution in [0.4, 0.5) is 5.69 Å². The number of hydrogen-bond acceptors (Lipinski definition) is 4. The number of nitrogens with zero attached hydrogens (tertiary/aromatic N) is 3. The average Bonchev–Trinajstić information content (AvgIpc) is 3.13. The summed E-state index contributed by atoms with van der Waals surface area (Å²) in [6.07, 6.45) is 6.56. The van der Waals surface area contributed by atoms with Crippen molar-refractivity contribution in [3.63, 3.8) is 0 Å². The number of hydrogen-bond donors (Lipinski definition) is 1. The lowest BCUT2D eigenvalue weighted by molar-refractivity contribution is 0.0716. The van der Waals surface area contributed by atoms with E-state index in [0.717, 1.165) is 37.2 Å². The normalized spacial score (nSPS) is 19.5. The van der Waals surface area contributed by atoms with Crippen molar-refractivity contribution in [2.24, 2.45) is 0 Å². The predicted octanol–water partition coefficient (Wildman–Crippen LogP) is 2.82. The Morgan fingerprint density at radius 3 is 2.75 bits per heavy atom. The lowest BCUT2D eigenvalue weighted by Crippen LogP contribution is -2.43. The van der Waals surface area contributed by atoms with Crippen LogP contribution >= 0.6 is 0 Å². The molecule has 2 aromatic rings. The summed E-state index contributed by atoms with van der Waals surface area (Å²) in [6, 6.07) is 9.50. The van der Waals surface area contributed by atoms with Crippen LogP contribution in [0.3, 0.4) is 0 Å². The predicted molar refractivity (Wildman–Crippen MR) is 109 cm³/mol. The van der Waals surface area contributed by atoms with Gasteiger partial charge in [0.15, 0.2) is 0 Å². The number of rotatable bonds is 5. The molecule has 6 nitrogen and oxygen atoms in total. The van der Waals surface area contributed by atoms with E-state index < -0.39 is 0 Å². The monoisotopic (exact) mass is 378 g/mol. The molecule has 0 aliphatic carbocycles. The van der Waals surface area contributed by atoms with E-state index in [-0.39, 0.29) is 11.8 Å². The van der Waals surface area contributed by atoms with Crippen LogP contribution in [0, 0.1) is 0 Å². The van der Waals surface area contributed by atoms with Gasteiger partial charge in [-0.1, -0.05) is 0 Å². The van der Waals surface area contributed by atoms with Gasteiger partial charge in [-0.15, -0.1) is 0 Å². The van der Waals surface area contributed by atoms with Crippen molar-refractivity contribution in [1.29, 1.82) is 0 Å². The van der Waals surface area contributed by atoms with E-state index in [1.165, 1.54) is 12.8 Å². The first-order valence-corrected chi connectivity index (χ1v) is 9.99. The molecular formula is C22H26N4O2. The fraction of sp³-hybridized carbons (Fsp3) is 0.409. The van der Waals surface area contributed by atoms with Gasteiger partial charge >= 0.3 is 0 Å². The van der Waals surface area contributed by atoms with E-state index in [1.54, 1.807) is 36.7 Å². The van der Waals surface area contributed by atoms with Gasteiger partial charge < -0.3 is 10.2 Å². The molecule has 3 heterocycles. The van der Waals surface area contributed by atoms with Crippen LogP contribution < -0.4 is 5.32 Å². The fourth-order valence-electron chi connectivity index (χ4n) is 4.10. The van der Waals surface area contributed by atoms with Crippen molar-refractivity contribution in [2.75, 3.05) is 31.5 Å². The maximum absolute atomic E-state index is 12.9. The highest BCUT2D eigenvalue weighted by atomic mass is 16.2. The summed E-state index contributed by atoms with van der Waals surface area (Å²) in [5.41, 5.74) is 2.96. The standard InChI is InChI=1S/C22H26N4O2/c1-16-3-2-11-25(16)13-14-26-12-8-17-15-18(4-5-20(17)22(26)28)21(27)24-19-6-9-23-10-7-19/h4-7,9-10,15-16H,2-3,8,11-14H2,1H3,(H,23,24,27)/t16-/m1/s1. The number of aromatic nitrogens is 1. The molecule has 0 unspecified atom stereocenters. The minimum Gasteiger partial charge on any atom is -0.337 e. The number of carbonyl (C=O) groups excluding carboxylic acids is 2. The molecule has 2 aliphatic heterocycles. The molecular weight excluding hydrogens is 352 g/mol. The van der Waals surface area contributed by atoms with Crippen LogP contribution in [0.15, 0.2) is 42.7 Å². The van der Waals surface area contributed by atoms with Crippen molar-refractivity contribution in [3.05, 3.63) is 59.4 Å². The van der Waals surface area contributed by atoms with Gasteiger partial charge in [0.25, 0.3) is 11.8 Å². The average molecular weight is 378 g/mol. The third-order valence-electron chi connectivity index (χ3n) is 5.82. The topological polar surface area (TPSA) is 65.5 Å². The van der Waals surface area contributed by atoms with Gasteiger partial charge in [0.1, 0.15) is 0 Å². The maximum atomic E-state index is 12.9. The van der Waals surface area contributed by atoms with Crippen molar-refractivity contribution >= 4 is 17.5 Å². The first-order chi connectivity index (χ1) is 13.6. The molecule has 1 aromatic carbocycles. The van der Waals surface area contributed by atoms with E-state index >= 15 is 0 Å². The summed E-state index contributed by atoms with van der Waals surface area (Å²) >= 11 is 0. The number of fused-ring (bicyclic) bond motifs is 1. The molecule has 1 aromatic heterocycles. The SMILES string of the molecule is C[C@@H]1CCCN1CCN1CCc2cc(C(=O)Nc3ccncc3)ccc2C1=O. The van der Waals surface area contributed by atoms with Crippen molar-refractivity contribution in [1.82, 2.24) is 14.8 Å². The number of benzene rings is 1. The Balaban J connectivity index is 1.41. The Labute approximate surface area is 165 Å². The Bertz CT molecular complexity index is 868. The van der Waals surface area contributed by atoms with Gasteiger partial charge in [0.2, 0.25) is 0 Å². The Hall–Kier alpha value is -2.73. The van der Waals surface area contributed by atoms with Crippen LogP contribution in [0.5, 0.6) is 0 Å². The molecule has 2 aliphatic rings. The number of anilines is 1. The summed E-state index contributed by atoms with van der Waals surface area (Å²) in [7, 11) is 0.